The number of amides is 1. The van der Waals surface area contributed by atoms with Gasteiger partial charge in [0, 0.05) is 46.5 Å². The van der Waals surface area contributed by atoms with Gasteiger partial charge in [-0.25, -0.2) is 13.4 Å². The van der Waals surface area contributed by atoms with E-state index in [0.29, 0.717) is 34.7 Å². The minimum atomic E-state index is -4.09. The fourth-order valence-corrected chi connectivity index (χ4v) is 7.14. The van der Waals surface area contributed by atoms with Crippen molar-refractivity contribution >= 4 is 56.4 Å². The third kappa shape index (κ3) is 6.62. The fourth-order valence-electron chi connectivity index (χ4n) is 5.91. The minimum Gasteiger partial charge on any atom is -0.280 e. The van der Waals surface area contributed by atoms with Crippen LogP contribution >= 0.6 is 11.6 Å². The zero-order chi connectivity index (χ0) is 33.3. The summed E-state index contributed by atoms with van der Waals surface area (Å²) in [5.41, 5.74) is 2.61. The van der Waals surface area contributed by atoms with Crippen LogP contribution in [-0.2, 0) is 10.0 Å². The van der Waals surface area contributed by atoms with E-state index in [9.17, 15) is 33.4 Å². The van der Waals surface area contributed by atoms with Crippen LogP contribution in [0.4, 0.5) is 17.1 Å². The maximum Gasteiger partial charge on any atom is 0.274 e. The Kier molecular flexibility index (Phi) is 8.58. The summed E-state index contributed by atoms with van der Waals surface area (Å²) < 4.78 is 29.0. The largest absolute Gasteiger partial charge is 0.280 e. The highest BCUT2D eigenvalue weighted by atomic mass is 35.5. The third-order valence-corrected chi connectivity index (χ3v) is 9.67. The normalized spacial score (nSPS) is 18.4. The van der Waals surface area contributed by atoms with Crippen LogP contribution in [0.15, 0.2) is 113 Å². The number of carbonyl (C=O) groups is 1. The lowest BCUT2D eigenvalue weighted by Crippen LogP contribution is -2.32. The van der Waals surface area contributed by atoms with E-state index >= 15 is 0 Å². The van der Waals surface area contributed by atoms with Gasteiger partial charge in [0.1, 0.15) is 0 Å². The smallest absolute Gasteiger partial charge is 0.274 e. The number of hydrogen-bond donors (Lipinski definition) is 1. The van der Waals surface area contributed by atoms with Crippen molar-refractivity contribution in [3.63, 3.8) is 0 Å². The molecule has 0 spiro atoms. The van der Waals surface area contributed by atoms with E-state index in [1.165, 1.54) is 65.7 Å². The Bertz CT molecular complexity index is 2080. The van der Waals surface area contributed by atoms with Gasteiger partial charge in [-0.05, 0) is 84.5 Å². The van der Waals surface area contributed by atoms with Crippen molar-refractivity contribution in [3.05, 3.63) is 145 Å². The van der Waals surface area contributed by atoms with Gasteiger partial charge >= 0.3 is 0 Å². The number of allylic oxidation sites excluding steroid dienone is 1. The van der Waals surface area contributed by atoms with E-state index in [0.717, 1.165) is 12.0 Å². The van der Waals surface area contributed by atoms with Crippen molar-refractivity contribution in [1.82, 2.24) is 5.01 Å². The number of nitro benzene ring substituents is 2. The summed E-state index contributed by atoms with van der Waals surface area (Å²) in [5.74, 6) is -0.931. The second-order valence-electron chi connectivity index (χ2n) is 11.1. The lowest BCUT2D eigenvalue weighted by atomic mass is 9.77. The number of nitrogens with one attached hydrogen (secondary N) is 1. The summed E-state index contributed by atoms with van der Waals surface area (Å²) in [6.45, 7) is 0. The lowest BCUT2D eigenvalue weighted by Gasteiger charge is -2.29. The molecule has 238 valence electrons. The average molecular weight is 672 g/mol. The van der Waals surface area contributed by atoms with Crippen LogP contribution in [0.3, 0.4) is 0 Å². The van der Waals surface area contributed by atoms with Crippen molar-refractivity contribution < 1.29 is 23.1 Å². The molecule has 2 atom stereocenters. The number of benzene rings is 4. The maximum atomic E-state index is 14.2. The second-order valence-corrected chi connectivity index (χ2v) is 13.2. The molecule has 1 N–H and O–H groups in total. The van der Waals surface area contributed by atoms with Crippen LogP contribution in [0.1, 0.15) is 46.8 Å². The summed E-state index contributed by atoms with van der Waals surface area (Å²) in [5, 5.41) is 29.5. The van der Waals surface area contributed by atoms with Crippen molar-refractivity contribution in [3.8, 4) is 0 Å². The zero-order valence-corrected chi connectivity index (χ0v) is 26.1. The molecule has 6 rings (SSSR count). The predicted octanol–water partition coefficient (Wildman–Crippen LogP) is 7.39. The van der Waals surface area contributed by atoms with E-state index in [-0.39, 0.29) is 33.4 Å². The van der Waals surface area contributed by atoms with Crippen LogP contribution in [0, 0.1) is 26.1 Å². The van der Waals surface area contributed by atoms with Crippen molar-refractivity contribution in [2.75, 3.05) is 4.72 Å². The van der Waals surface area contributed by atoms with Crippen molar-refractivity contribution in [2.45, 2.75) is 30.2 Å². The number of sulfonamides is 1. The monoisotopic (exact) mass is 671 g/mol. The first-order chi connectivity index (χ1) is 22.5. The van der Waals surface area contributed by atoms with E-state index in [4.69, 9.17) is 16.7 Å². The van der Waals surface area contributed by atoms with Gasteiger partial charge in [-0.3, -0.25) is 29.7 Å². The molecule has 14 heteroatoms. The number of anilines is 1. The van der Waals surface area contributed by atoms with Gasteiger partial charge in [0.05, 0.1) is 26.5 Å². The van der Waals surface area contributed by atoms with Gasteiger partial charge in [-0.1, -0.05) is 41.9 Å². The number of hydrogen-bond acceptors (Lipinski definition) is 8. The molecule has 1 aliphatic carbocycles. The number of nitrogens with zero attached hydrogens (tertiary/aromatic N) is 4. The molecular formula is C33H26ClN5O7S. The number of non-ortho nitro benzene ring substituents is 2. The van der Waals surface area contributed by atoms with Gasteiger partial charge in [0.15, 0.2) is 0 Å². The van der Waals surface area contributed by atoms with E-state index < -0.39 is 31.8 Å². The molecule has 1 heterocycles. The minimum absolute atomic E-state index is 0.0478. The fraction of sp³-hybridized carbons (Fsp3) is 0.152. The molecule has 0 saturated heterocycles. The van der Waals surface area contributed by atoms with Crippen molar-refractivity contribution in [2.24, 2.45) is 11.0 Å². The summed E-state index contributed by atoms with van der Waals surface area (Å²) in [6.07, 6.45) is 3.77. The summed E-state index contributed by atoms with van der Waals surface area (Å²) in [7, 11) is -4.09. The molecular weight excluding hydrogens is 646 g/mol. The Hall–Kier alpha value is -5.40. The first kappa shape index (κ1) is 31.6. The molecule has 0 bridgehead atoms. The molecule has 0 unspecified atom stereocenters. The average Bonchev–Trinajstić information content (AvgIpc) is 3.46. The van der Waals surface area contributed by atoms with Gasteiger partial charge in [-0.15, -0.1) is 0 Å². The van der Waals surface area contributed by atoms with Crippen LogP contribution in [0.5, 0.6) is 0 Å². The molecule has 12 nitrogen and oxygen atoms in total. The topological polar surface area (TPSA) is 165 Å². The van der Waals surface area contributed by atoms with Gasteiger partial charge in [0.2, 0.25) is 0 Å². The van der Waals surface area contributed by atoms with Gasteiger partial charge in [-0.2, -0.15) is 5.10 Å². The Labute approximate surface area is 274 Å². The highest BCUT2D eigenvalue weighted by molar-refractivity contribution is 7.92. The Balaban J connectivity index is 1.40. The van der Waals surface area contributed by atoms with Crippen molar-refractivity contribution in [1.29, 1.82) is 0 Å². The van der Waals surface area contributed by atoms with E-state index in [2.05, 4.69) is 4.72 Å². The summed E-state index contributed by atoms with van der Waals surface area (Å²) >= 11 is 5.92. The number of fused-ring (bicyclic) bond motifs is 1. The molecule has 47 heavy (non-hydrogen) atoms. The van der Waals surface area contributed by atoms with E-state index in [1.54, 1.807) is 36.4 Å². The van der Waals surface area contributed by atoms with E-state index in [1.807, 2.05) is 6.08 Å². The Morgan fingerprint density at radius 1 is 0.915 bits per heavy atom. The molecule has 0 radical (unpaired) electrons. The molecule has 1 amide bonds. The highest BCUT2D eigenvalue weighted by Crippen LogP contribution is 2.45. The Morgan fingerprint density at radius 2 is 1.60 bits per heavy atom. The first-order valence-corrected chi connectivity index (χ1v) is 16.4. The summed E-state index contributed by atoms with van der Waals surface area (Å²) in [4.78, 5) is 36.1. The SMILES string of the molecule is O=C(c1cccc(S(=O)(=O)Nc2ccc(Cl)cc2)c1)N1N=C2/C(=C/c3cccc([N+](=O)[O-])c3)CCC[C@H]2[C@@H]1c1cccc([N+](=O)[O-])c1. The van der Waals surface area contributed by atoms with Crippen LogP contribution in [-0.4, -0.2) is 34.9 Å². The van der Waals surface area contributed by atoms with Gasteiger partial charge in [0.25, 0.3) is 27.3 Å². The molecule has 2 aliphatic rings. The molecule has 1 aliphatic heterocycles. The second kappa shape index (κ2) is 12.8. The molecule has 1 saturated carbocycles. The number of hydrazone groups is 1. The van der Waals surface area contributed by atoms with Crippen LogP contribution in [0.2, 0.25) is 5.02 Å². The number of rotatable bonds is 8. The molecule has 4 aromatic carbocycles. The number of nitro groups is 2. The lowest BCUT2D eigenvalue weighted by molar-refractivity contribution is -0.385. The molecule has 1 fully saturated rings. The quantitative estimate of drug-likeness (QED) is 0.151. The highest BCUT2D eigenvalue weighted by Gasteiger charge is 2.44. The Morgan fingerprint density at radius 3 is 2.32 bits per heavy atom. The first-order valence-electron chi connectivity index (χ1n) is 14.5. The van der Waals surface area contributed by atoms with Crippen LogP contribution in [0.25, 0.3) is 6.08 Å². The van der Waals surface area contributed by atoms with Gasteiger partial charge < -0.3 is 0 Å². The molecule has 0 aromatic heterocycles. The number of carbonyl (C=O) groups excluding carboxylic acids is 1. The third-order valence-electron chi connectivity index (χ3n) is 8.04. The standard InChI is InChI=1S/C33H26ClN5O7S/c34-25-13-15-26(16-14-25)36-47(45,46)29-11-3-8-24(20-29)33(40)37-32(23-7-2-10-28(19-23)39(43)44)30-12-4-6-22(31(30)35-37)17-21-5-1-9-27(18-21)38(41)42/h1-3,5,7-11,13-20,30,32,36H,4,6,12H2/b22-17+/t30-,32+/m1/s1. The predicted molar refractivity (Wildman–Crippen MR) is 177 cm³/mol. The maximum absolute atomic E-state index is 14.2. The zero-order valence-electron chi connectivity index (χ0n) is 24.5. The number of halogens is 1. The summed E-state index contributed by atoms with van der Waals surface area (Å²) in [6, 6.07) is 23.2. The molecule has 4 aromatic rings. The van der Waals surface area contributed by atoms with Crippen LogP contribution < -0.4 is 4.72 Å².